The third-order valence-electron chi connectivity index (χ3n) is 4.60. The van der Waals surface area contributed by atoms with Crippen LogP contribution in [0.15, 0.2) is 19.6 Å². The minimum Gasteiger partial charge on any atom is -0.204 e. The number of rotatable bonds is 4. The van der Waals surface area contributed by atoms with Gasteiger partial charge < -0.3 is 0 Å². The summed E-state index contributed by atoms with van der Waals surface area (Å²) in [7, 11) is 0. The standard InChI is InChI=1S/C22F10N4S2/c23-9-5(1-33)7(3-35)11(25)19(13(9)27)37-21-15(29)17(31)22(18(32)16(21)30)38-20-12(26)8(4-36)6(2-34)10(24)14(20)28. The normalized spacial score (nSPS) is 10.5. The molecule has 0 saturated heterocycles. The third kappa shape index (κ3) is 4.24. The van der Waals surface area contributed by atoms with Crippen LogP contribution >= 0.6 is 23.5 Å². The van der Waals surface area contributed by atoms with Crippen molar-refractivity contribution >= 4 is 23.5 Å². The van der Waals surface area contributed by atoms with E-state index in [0.717, 1.165) is 24.3 Å². The predicted octanol–water partition coefficient (Wildman–Crippen LogP) is 6.87. The highest BCUT2D eigenvalue weighted by Crippen LogP contribution is 2.45. The zero-order valence-electron chi connectivity index (χ0n) is 17.4. The molecule has 0 radical (unpaired) electrons. The van der Waals surface area contributed by atoms with Crippen LogP contribution in [-0.2, 0) is 0 Å². The molecule has 0 fully saturated rings. The lowest BCUT2D eigenvalue weighted by Gasteiger charge is -2.14. The maximum Gasteiger partial charge on any atom is 0.179 e. The van der Waals surface area contributed by atoms with Gasteiger partial charge in [-0.1, -0.05) is 23.5 Å². The predicted molar refractivity (Wildman–Crippen MR) is 106 cm³/mol. The molecule has 0 aliphatic carbocycles. The Labute approximate surface area is 212 Å². The largest absolute Gasteiger partial charge is 0.204 e. The summed E-state index contributed by atoms with van der Waals surface area (Å²) in [6, 6.07) is 4.07. The van der Waals surface area contributed by atoms with Crippen molar-refractivity contribution < 1.29 is 43.9 Å². The molecule has 3 rings (SSSR count). The monoisotopic (exact) mass is 574 g/mol. The highest BCUT2D eigenvalue weighted by Gasteiger charge is 2.33. The lowest BCUT2D eigenvalue weighted by Crippen LogP contribution is -2.07. The van der Waals surface area contributed by atoms with Gasteiger partial charge in [-0.3, -0.25) is 0 Å². The number of hydrogen-bond acceptors (Lipinski definition) is 6. The Morgan fingerprint density at radius 2 is 0.500 bits per heavy atom. The smallest absolute Gasteiger partial charge is 0.179 e. The van der Waals surface area contributed by atoms with Gasteiger partial charge in [0.25, 0.3) is 0 Å². The maximum atomic E-state index is 14.7. The Bertz CT molecular complexity index is 1570. The molecule has 0 atom stereocenters. The molecule has 3 aromatic rings. The van der Waals surface area contributed by atoms with Crippen molar-refractivity contribution in [2.75, 3.05) is 0 Å². The lowest BCUT2D eigenvalue weighted by atomic mass is 10.1. The molecule has 0 unspecified atom stereocenters. The van der Waals surface area contributed by atoms with Gasteiger partial charge in [-0.25, -0.2) is 43.9 Å². The van der Waals surface area contributed by atoms with E-state index in [1.165, 1.54) is 0 Å². The molecule has 3 aromatic carbocycles. The molecule has 4 nitrogen and oxygen atoms in total. The molecule has 0 spiro atoms. The first kappa shape index (κ1) is 28.2. The molecule has 0 aromatic heterocycles. The van der Waals surface area contributed by atoms with E-state index in [1.54, 1.807) is 0 Å². The van der Waals surface area contributed by atoms with E-state index < -0.39 is 124 Å². The van der Waals surface area contributed by atoms with E-state index in [-0.39, 0.29) is 0 Å². The van der Waals surface area contributed by atoms with Crippen LogP contribution in [0, 0.1) is 103 Å². The van der Waals surface area contributed by atoms with Gasteiger partial charge in [0.15, 0.2) is 58.2 Å². The summed E-state index contributed by atoms with van der Waals surface area (Å²) in [6.45, 7) is 0. The van der Waals surface area contributed by atoms with E-state index in [2.05, 4.69) is 0 Å². The van der Waals surface area contributed by atoms with E-state index in [0.29, 0.717) is 0 Å². The first-order chi connectivity index (χ1) is 17.9. The average Bonchev–Trinajstić information content (AvgIpc) is 2.90. The highest BCUT2D eigenvalue weighted by molar-refractivity contribution is 7.99. The molecular formula is C22F10N4S2. The van der Waals surface area contributed by atoms with Crippen LogP contribution in [0.2, 0.25) is 0 Å². The summed E-state index contributed by atoms with van der Waals surface area (Å²) in [4.78, 5) is -7.00. The quantitative estimate of drug-likeness (QED) is 0.250. The van der Waals surface area contributed by atoms with Crippen molar-refractivity contribution in [1.29, 1.82) is 21.0 Å². The summed E-state index contributed by atoms with van der Waals surface area (Å²) in [5, 5.41) is 35.4. The molecule has 0 saturated carbocycles. The molecule has 0 aliphatic heterocycles. The van der Waals surface area contributed by atoms with Gasteiger partial charge in [-0.15, -0.1) is 0 Å². The third-order valence-corrected chi connectivity index (χ3v) is 6.85. The van der Waals surface area contributed by atoms with Crippen LogP contribution in [0.3, 0.4) is 0 Å². The van der Waals surface area contributed by atoms with Gasteiger partial charge in [-0.2, -0.15) is 21.0 Å². The summed E-state index contributed by atoms with van der Waals surface area (Å²) < 4.78 is 145. The molecule has 0 amide bonds. The van der Waals surface area contributed by atoms with Gasteiger partial charge in [-0.05, 0) is 0 Å². The second-order valence-corrected chi connectivity index (χ2v) is 8.65. The van der Waals surface area contributed by atoms with Crippen molar-refractivity contribution in [3.05, 3.63) is 80.4 Å². The summed E-state index contributed by atoms with van der Waals surface area (Å²) in [5.74, 6) is -22.3. The van der Waals surface area contributed by atoms with Crippen molar-refractivity contribution in [1.82, 2.24) is 0 Å². The molecule has 0 aliphatic rings. The van der Waals surface area contributed by atoms with Gasteiger partial charge in [0.05, 0.1) is 19.6 Å². The topological polar surface area (TPSA) is 95.2 Å². The summed E-state index contributed by atoms with van der Waals surface area (Å²) in [5.41, 5.74) is -5.56. The molecule has 38 heavy (non-hydrogen) atoms. The van der Waals surface area contributed by atoms with Crippen LogP contribution in [0.1, 0.15) is 22.3 Å². The molecule has 190 valence electrons. The minimum absolute atomic E-state index is 0.757. The first-order valence-electron chi connectivity index (χ1n) is 9.10. The van der Waals surface area contributed by atoms with Crippen LogP contribution in [-0.4, -0.2) is 0 Å². The van der Waals surface area contributed by atoms with Crippen molar-refractivity contribution in [3.63, 3.8) is 0 Å². The fourth-order valence-electron chi connectivity index (χ4n) is 2.85. The van der Waals surface area contributed by atoms with Crippen molar-refractivity contribution in [3.8, 4) is 24.3 Å². The number of benzene rings is 3. The second-order valence-electron chi connectivity index (χ2n) is 6.61. The van der Waals surface area contributed by atoms with Crippen molar-refractivity contribution in [2.24, 2.45) is 0 Å². The lowest BCUT2D eigenvalue weighted by molar-refractivity contribution is 0.399. The van der Waals surface area contributed by atoms with Crippen LogP contribution < -0.4 is 0 Å². The Balaban J connectivity index is 2.23. The summed E-state index contributed by atoms with van der Waals surface area (Å²) >= 11 is -1.51. The van der Waals surface area contributed by atoms with E-state index in [9.17, 15) is 43.9 Å². The Morgan fingerprint density at radius 3 is 0.737 bits per heavy atom. The molecule has 0 heterocycles. The van der Waals surface area contributed by atoms with E-state index in [4.69, 9.17) is 21.0 Å². The van der Waals surface area contributed by atoms with E-state index in [1.807, 2.05) is 0 Å². The number of nitrogens with zero attached hydrogens (tertiary/aromatic N) is 4. The zero-order valence-corrected chi connectivity index (χ0v) is 19.0. The van der Waals surface area contributed by atoms with Gasteiger partial charge in [0, 0.05) is 0 Å². The average molecular weight is 574 g/mol. The van der Waals surface area contributed by atoms with Crippen LogP contribution in [0.4, 0.5) is 43.9 Å². The highest BCUT2D eigenvalue weighted by atomic mass is 32.2. The van der Waals surface area contributed by atoms with Gasteiger partial charge >= 0.3 is 0 Å². The number of hydrogen-bond donors (Lipinski definition) is 0. The zero-order chi connectivity index (χ0) is 28.6. The fraction of sp³-hybridized carbons (Fsp3) is 0. The Kier molecular flexibility index (Phi) is 7.82. The van der Waals surface area contributed by atoms with Gasteiger partial charge in [0.2, 0.25) is 0 Å². The summed E-state index contributed by atoms with van der Waals surface area (Å²) in [6.07, 6.45) is 0. The molecule has 16 heteroatoms. The molecule has 0 bridgehead atoms. The van der Waals surface area contributed by atoms with Crippen LogP contribution in [0.5, 0.6) is 0 Å². The van der Waals surface area contributed by atoms with Crippen LogP contribution in [0.25, 0.3) is 0 Å². The number of nitriles is 4. The van der Waals surface area contributed by atoms with Crippen molar-refractivity contribution in [2.45, 2.75) is 19.6 Å². The fourth-order valence-corrected chi connectivity index (χ4v) is 4.72. The van der Waals surface area contributed by atoms with Gasteiger partial charge in [0.1, 0.15) is 46.5 Å². The second kappa shape index (κ2) is 10.5. The van der Waals surface area contributed by atoms with E-state index >= 15 is 0 Å². The Hall–Kier alpha value is -4.38. The molecule has 0 N–H and O–H groups in total. The SMILES string of the molecule is N#Cc1c(F)c(F)c(Sc2c(F)c(F)c(Sc3c(F)c(F)c(C#N)c(C#N)c3F)c(F)c2F)c(F)c1C#N. The molecular weight excluding hydrogens is 574 g/mol. The maximum absolute atomic E-state index is 14.7. The Morgan fingerprint density at radius 1 is 0.316 bits per heavy atom. The minimum atomic E-state index is -2.41. The number of halogens is 10. The first-order valence-corrected chi connectivity index (χ1v) is 10.7.